The van der Waals surface area contributed by atoms with Crippen molar-refractivity contribution in [3.63, 3.8) is 0 Å². The number of carbonyl (C=O) groups excluding carboxylic acids is 2. The van der Waals surface area contributed by atoms with E-state index in [1.54, 1.807) is 24.5 Å². The highest BCUT2D eigenvalue weighted by Gasteiger charge is 2.41. The Balaban J connectivity index is 1.13. The van der Waals surface area contributed by atoms with Gasteiger partial charge >= 0.3 is 0 Å². The Morgan fingerprint density at radius 1 is 1.05 bits per heavy atom. The van der Waals surface area contributed by atoms with Gasteiger partial charge in [0.05, 0.1) is 57.9 Å². The van der Waals surface area contributed by atoms with Crippen LogP contribution in [0.15, 0.2) is 59.8 Å². The van der Waals surface area contributed by atoms with Crippen molar-refractivity contribution in [2.45, 2.75) is 31.5 Å². The molecule has 5 aromatic rings. The highest BCUT2D eigenvalue weighted by molar-refractivity contribution is 6.23. The number of hydrogen-bond acceptors (Lipinski definition) is 8. The third kappa shape index (κ3) is 4.45. The third-order valence-electron chi connectivity index (χ3n) is 8.23. The number of aromatic nitrogens is 5. The number of amides is 2. The number of rotatable bonds is 7. The summed E-state index contributed by atoms with van der Waals surface area (Å²) in [5.41, 5.74) is 3.87. The lowest BCUT2D eigenvalue weighted by atomic mass is 10.0. The summed E-state index contributed by atoms with van der Waals surface area (Å²) in [5, 5.41) is 13.9. The van der Waals surface area contributed by atoms with Crippen LogP contribution in [0, 0.1) is 0 Å². The van der Waals surface area contributed by atoms with Crippen LogP contribution in [0.5, 0.6) is 0 Å². The van der Waals surface area contributed by atoms with Gasteiger partial charge in [0, 0.05) is 18.8 Å². The van der Waals surface area contributed by atoms with Gasteiger partial charge in [-0.05, 0) is 63.3 Å². The van der Waals surface area contributed by atoms with E-state index in [-0.39, 0.29) is 35.5 Å². The molecule has 4 N–H and O–H groups in total. The number of piperidine rings is 1. The number of fused-ring (bicyclic) bond motifs is 3. The van der Waals surface area contributed by atoms with E-state index in [1.165, 1.54) is 11.1 Å². The van der Waals surface area contributed by atoms with E-state index < -0.39 is 6.10 Å². The van der Waals surface area contributed by atoms with E-state index in [0.29, 0.717) is 40.2 Å². The normalized spacial score (nSPS) is 17.0. The minimum absolute atomic E-state index is 0.116. The molecule has 5 heterocycles. The van der Waals surface area contributed by atoms with Crippen molar-refractivity contribution in [3.8, 4) is 11.4 Å². The van der Waals surface area contributed by atoms with Crippen LogP contribution in [0.1, 0.15) is 33.6 Å². The molecule has 42 heavy (non-hydrogen) atoms. The van der Waals surface area contributed by atoms with Crippen molar-refractivity contribution < 1.29 is 14.7 Å². The highest BCUT2D eigenvalue weighted by atomic mass is 16.3. The zero-order valence-corrected chi connectivity index (χ0v) is 23.0. The monoisotopic (exact) mass is 566 g/mol. The van der Waals surface area contributed by atoms with Gasteiger partial charge in [0.1, 0.15) is 11.4 Å². The largest absolute Gasteiger partial charge is 0.389 e. The standard InChI is InChI=1S/C30H30N8O4/c1-36-10-7-17(8-11-36)38-29(41)19-12-23-24(13-20(19)30(38)42)35-27(34-23)26-22(6-9-31-28(26)40)32-14-18(39)15-37-16-33-21-4-2-3-5-25(21)37/h2-6,9,12-13,16-18,39H,7-8,10-11,14-15H2,1H3,(H,34,35)(H2,31,32,40)/t18-/m1/s1. The Bertz CT molecular complexity index is 1850. The fourth-order valence-electron chi connectivity index (χ4n) is 6.00. The number of H-pyrrole nitrogens is 2. The molecule has 0 aliphatic carbocycles. The number of para-hydroxylation sites is 2. The molecule has 0 unspecified atom stereocenters. The van der Waals surface area contributed by atoms with Crippen molar-refractivity contribution >= 4 is 39.6 Å². The first-order valence-electron chi connectivity index (χ1n) is 14.0. The zero-order valence-electron chi connectivity index (χ0n) is 23.0. The van der Waals surface area contributed by atoms with Crippen LogP contribution < -0.4 is 10.9 Å². The number of benzene rings is 2. The minimum Gasteiger partial charge on any atom is -0.389 e. The lowest BCUT2D eigenvalue weighted by Crippen LogP contribution is -2.46. The van der Waals surface area contributed by atoms with Gasteiger partial charge in [0.15, 0.2) is 0 Å². The number of nitrogens with zero attached hydrogens (tertiary/aromatic N) is 5. The SMILES string of the molecule is CN1CCC(N2C(=O)c3cc4nc(-c5c(NC[C@@H](O)Cn6cnc7ccccc76)cc[nH]c5=O)[nH]c4cc3C2=O)CC1. The maximum absolute atomic E-state index is 13.3. The number of anilines is 1. The van der Waals surface area contributed by atoms with E-state index in [1.807, 2.05) is 35.9 Å². The number of hydrogen-bond donors (Lipinski definition) is 4. The lowest BCUT2D eigenvalue weighted by molar-refractivity contribution is 0.0516. The van der Waals surface area contributed by atoms with E-state index in [0.717, 1.165) is 37.0 Å². The molecule has 0 radical (unpaired) electrons. The summed E-state index contributed by atoms with van der Waals surface area (Å²) >= 11 is 0. The van der Waals surface area contributed by atoms with Gasteiger partial charge in [-0.1, -0.05) is 12.1 Å². The number of pyridine rings is 1. The van der Waals surface area contributed by atoms with E-state index in [9.17, 15) is 19.5 Å². The van der Waals surface area contributed by atoms with Gasteiger partial charge in [-0.25, -0.2) is 9.97 Å². The second-order valence-corrected chi connectivity index (χ2v) is 11.0. The van der Waals surface area contributed by atoms with Crippen molar-refractivity contribution in [2.75, 3.05) is 32.0 Å². The topological polar surface area (TPSA) is 152 Å². The first-order chi connectivity index (χ1) is 20.4. The summed E-state index contributed by atoms with van der Waals surface area (Å²) in [4.78, 5) is 58.0. The first-order valence-corrected chi connectivity index (χ1v) is 14.0. The van der Waals surface area contributed by atoms with Crippen LogP contribution in [0.2, 0.25) is 0 Å². The van der Waals surface area contributed by atoms with Crippen LogP contribution in [-0.4, -0.2) is 90.1 Å². The van der Waals surface area contributed by atoms with Crippen LogP contribution in [0.4, 0.5) is 5.69 Å². The summed E-state index contributed by atoms with van der Waals surface area (Å²) in [6.07, 6.45) is 3.96. The third-order valence-corrected chi connectivity index (χ3v) is 8.23. The quantitative estimate of drug-likeness (QED) is 0.219. The van der Waals surface area contributed by atoms with E-state index in [2.05, 4.69) is 30.2 Å². The molecule has 0 saturated carbocycles. The molecule has 1 fully saturated rings. The molecule has 3 aromatic heterocycles. The molecule has 2 aliphatic rings. The number of likely N-dealkylation sites (tertiary alicyclic amines) is 1. The van der Waals surface area contributed by atoms with Crippen LogP contribution >= 0.6 is 0 Å². The summed E-state index contributed by atoms with van der Waals surface area (Å²) < 4.78 is 1.88. The molecule has 2 aromatic carbocycles. The molecule has 12 heteroatoms. The molecular weight excluding hydrogens is 536 g/mol. The summed E-state index contributed by atoms with van der Waals surface area (Å²) in [6, 6.07) is 12.6. The molecule has 12 nitrogen and oxygen atoms in total. The Kier molecular flexibility index (Phi) is 6.36. The number of imide groups is 1. The number of carbonyl (C=O) groups is 2. The number of aliphatic hydroxyl groups excluding tert-OH is 1. The van der Waals surface area contributed by atoms with Gasteiger partial charge < -0.3 is 29.9 Å². The number of nitrogens with one attached hydrogen (secondary N) is 3. The van der Waals surface area contributed by atoms with Gasteiger partial charge in [-0.3, -0.25) is 19.3 Å². The molecular formula is C30H30N8O4. The van der Waals surface area contributed by atoms with Crippen molar-refractivity contribution in [3.05, 3.63) is 76.5 Å². The Morgan fingerprint density at radius 2 is 1.81 bits per heavy atom. The molecule has 7 rings (SSSR count). The second-order valence-electron chi connectivity index (χ2n) is 11.0. The Hall–Kier alpha value is -4.81. The average Bonchev–Trinajstić information content (AvgIpc) is 3.66. The second kappa shape index (κ2) is 10.2. The fourth-order valence-corrected chi connectivity index (χ4v) is 6.00. The predicted octanol–water partition coefficient (Wildman–Crippen LogP) is 2.43. The summed E-state index contributed by atoms with van der Waals surface area (Å²) in [5.74, 6) is -0.294. The first kappa shape index (κ1) is 26.1. The minimum atomic E-state index is -0.766. The van der Waals surface area contributed by atoms with Crippen molar-refractivity contribution in [2.24, 2.45) is 0 Å². The number of aromatic amines is 2. The molecule has 1 atom stereocenters. The van der Waals surface area contributed by atoms with Gasteiger partial charge in [0.25, 0.3) is 17.4 Å². The molecule has 214 valence electrons. The predicted molar refractivity (Wildman–Crippen MR) is 157 cm³/mol. The van der Waals surface area contributed by atoms with Gasteiger partial charge in [-0.15, -0.1) is 0 Å². The Morgan fingerprint density at radius 3 is 2.62 bits per heavy atom. The molecule has 0 bridgehead atoms. The van der Waals surface area contributed by atoms with Crippen LogP contribution in [0.25, 0.3) is 33.5 Å². The van der Waals surface area contributed by atoms with Crippen molar-refractivity contribution in [1.82, 2.24) is 34.3 Å². The van der Waals surface area contributed by atoms with Crippen LogP contribution in [0.3, 0.4) is 0 Å². The summed E-state index contributed by atoms with van der Waals surface area (Å²) in [7, 11) is 2.04. The highest BCUT2D eigenvalue weighted by Crippen LogP contribution is 2.32. The average molecular weight is 567 g/mol. The number of aliphatic hydroxyl groups is 1. The molecule has 2 amide bonds. The molecule has 1 saturated heterocycles. The molecule has 2 aliphatic heterocycles. The fraction of sp³-hybridized carbons (Fsp3) is 0.300. The van der Waals surface area contributed by atoms with E-state index >= 15 is 0 Å². The van der Waals surface area contributed by atoms with E-state index in [4.69, 9.17) is 0 Å². The lowest BCUT2D eigenvalue weighted by Gasteiger charge is -2.33. The zero-order chi connectivity index (χ0) is 29.0. The number of imidazole rings is 2. The smallest absolute Gasteiger partial charge is 0.261 e. The maximum Gasteiger partial charge on any atom is 0.261 e. The van der Waals surface area contributed by atoms with Gasteiger partial charge in [0.2, 0.25) is 0 Å². The van der Waals surface area contributed by atoms with Gasteiger partial charge in [-0.2, -0.15) is 0 Å². The van der Waals surface area contributed by atoms with Crippen LogP contribution in [-0.2, 0) is 6.54 Å². The summed E-state index contributed by atoms with van der Waals surface area (Å²) in [6.45, 7) is 2.17. The van der Waals surface area contributed by atoms with Crippen molar-refractivity contribution in [1.29, 1.82) is 0 Å². The Labute approximate surface area is 240 Å². The molecule has 0 spiro atoms. The maximum atomic E-state index is 13.3.